The van der Waals surface area contributed by atoms with E-state index in [1.165, 1.54) is 18.5 Å². The largest absolute Gasteiger partial charge is 0.300 e. The molecule has 13 heteroatoms. The van der Waals surface area contributed by atoms with Gasteiger partial charge in [0.05, 0.1) is 21.7 Å². The highest BCUT2D eigenvalue weighted by Crippen LogP contribution is 2.37. The molecule has 0 amide bonds. The Labute approximate surface area is 215 Å². The Morgan fingerprint density at radius 1 is 0.757 bits per heavy atom. The second-order valence-corrected chi connectivity index (χ2v) is 11.9. The molecule has 0 saturated heterocycles. The first kappa shape index (κ1) is 24.8. The zero-order chi connectivity index (χ0) is 26.4. The maximum Gasteiger partial charge on any atom is 0.277 e. The minimum Gasteiger partial charge on any atom is -0.300 e. The lowest BCUT2D eigenvalue weighted by molar-refractivity contribution is 0.583. The third kappa shape index (κ3) is 4.43. The van der Waals surface area contributed by atoms with E-state index < -0.39 is 52.3 Å². The SMILES string of the molecule is O=S(=O)(c1ccc(F)cc1)N(c1cc(-c2cnc3ccccn23)cnc1Cl)S(=O)(=O)c1ccc(F)cc1. The molecule has 0 radical (unpaired) electrons. The van der Waals surface area contributed by atoms with Crippen molar-refractivity contribution in [2.24, 2.45) is 0 Å². The van der Waals surface area contributed by atoms with Gasteiger partial charge in [-0.2, -0.15) is 3.71 Å². The van der Waals surface area contributed by atoms with E-state index in [1.54, 1.807) is 28.8 Å². The molecule has 0 atom stereocenters. The van der Waals surface area contributed by atoms with Crippen molar-refractivity contribution in [2.45, 2.75) is 9.79 Å². The van der Waals surface area contributed by atoms with Gasteiger partial charge < -0.3 is 0 Å². The Morgan fingerprint density at radius 3 is 1.89 bits per heavy atom. The molecule has 3 heterocycles. The average molecular weight is 561 g/mol. The summed E-state index contributed by atoms with van der Waals surface area (Å²) in [5, 5.41) is -0.436. The molecule has 5 aromatic rings. The average Bonchev–Trinajstić information content (AvgIpc) is 3.30. The molecular weight excluding hydrogens is 546 g/mol. The van der Waals surface area contributed by atoms with Gasteiger partial charge in [-0.05, 0) is 66.7 Å². The van der Waals surface area contributed by atoms with Crippen molar-refractivity contribution in [1.82, 2.24) is 14.4 Å². The number of aromatic nitrogens is 3. The normalized spacial score (nSPS) is 12.1. The minimum atomic E-state index is -4.90. The molecule has 188 valence electrons. The number of pyridine rings is 2. The predicted molar refractivity (Wildman–Crippen MR) is 133 cm³/mol. The lowest BCUT2D eigenvalue weighted by Gasteiger charge is -2.25. The fraction of sp³-hybridized carbons (Fsp3) is 0. The van der Waals surface area contributed by atoms with Crippen molar-refractivity contribution < 1.29 is 25.6 Å². The van der Waals surface area contributed by atoms with Crippen LogP contribution in [-0.4, -0.2) is 31.2 Å². The van der Waals surface area contributed by atoms with Crippen LogP contribution in [0.5, 0.6) is 0 Å². The summed E-state index contributed by atoms with van der Waals surface area (Å²) in [5.74, 6) is -1.44. The first-order valence-electron chi connectivity index (χ1n) is 10.5. The maximum absolute atomic E-state index is 13.7. The highest BCUT2D eigenvalue weighted by atomic mass is 35.5. The third-order valence-electron chi connectivity index (χ3n) is 5.39. The highest BCUT2D eigenvalue weighted by molar-refractivity contribution is 8.10. The predicted octanol–water partition coefficient (Wildman–Crippen LogP) is 4.91. The van der Waals surface area contributed by atoms with Crippen molar-refractivity contribution in [3.05, 3.63) is 108 Å². The number of nitrogens with zero attached hydrogens (tertiary/aromatic N) is 4. The number of hydrogen-bond donors (Lipinski definition) is 0. The second kappa shape index (κ2) is 9.21. The molecule has 37 heavy (non-hydrogen) atoms. The lowest BCUT2D eigenvalue weighted by Crippen LogP contribution is -2.37. The molecule has 0 aliphatic heterocycles. The number of anilines is 1. The smallest absolute Gasteiger partial charge is 0.277 e. The Hall–Kier alpha value is -3.87. The van der Waals surface area contributed by atoms with Crippen LogP contribution in [0.15, 0.2) is 101 Å². The number of imidazole rings is 1. The molecule has 0 bridgehead atoms. The van der Waals surface area contributed by atoms with Gasteiger partial charge in [-0.3, -0.25) is 4.40 Å². The quantitative estimate of drug-likeness (QED) is 0.273. The molecule has 0 spiro atoms. The molecule has 5 rings (SSSR count). The van der Waals surface area contributed by atoms with Crippen LogP contribution in [0.4, 0.5) is 14.5 Å². The highest BCUT2D eigenvalue weighted by Gasteiger charge is 2.39. The number of fused-ring (bicyclic) bond motifs is 1. The summed E-state index contributed by atoms with van der Waals surface area (Å²) in [5.41, 5.74) is 0.897. The Bertz CT molecular complexity index is 1770. The summed E-state index contributed by atoms with van der Waals surface area (Å²) >= 11 is 6.28. The molecule has 3 aromatic heterocycles. The number of rotatable bonds is 6. The monoisotopic (exact) mass is 560 g/mol. The van der Waals surface area contributed by atoms with Gasteiger partial charge >= 0.3 is 0 Å². The van der Waals surface area contributed by atoms with Crippen molar-refractivity contribution in [3.8, 4) is 11.3 Å². The minimum absolute atomic E-state index is 0.114. The van der Waals surface area contributed by atoms with Gasteiger partial charge in [0.15, 0.2) is 5.15 Å². The van der Waals surface area contributed by atoms with Crippen molar-refractivity contribution in [2.75, 3.05) is 3.71 Å². The summed E-state index contributed by atoms with van der Waals surface area (Å²) in [7, 11) is -9.80. The molecule has 8 nitrogen and oxygen atoms in total. The van der Waals surface area contributed by atoms with E-state index in [0.717, 1.165) is 48.5 Å². The third-order valence-corrected chi connectivity index (χ3v) is 9.86. The molecule has 0 saturated carbocycles. The Balaban J connectivity index is 1.77. The topological polar surface area (TPSA) is 102 Å². The summed E-state index contributed by atoms with van der Waals surface area (Å²) < 4.78 is 83.8. The number of halogens is 3. The van der Waals surface area contributed by atoms with Crippen LogP contribution in [0.3, 0.4) is 0 Å². The van der Waals surface area contributed by atoms with Gasteiger partial charge in [-0.25, -0.2) is 35.6 Å². The fourth-order valence-corrected chi connectivity index (χ4v) is 7.62. The summed E-state index contributed by atoms with van der Waals surface area (Å²) in [6.45, 7) is 0. The lowest BCUT2D eigenvalue weighted by atomic mass is 10.2. The van der Waals surface area contributed by atoms with Gasteiger partial charge in [0.1, 0.15) is 23.0 Å². The van der Waals surface area contributed by atoms with E-state index >= 15 is 0 Å². The number of sulfonamides is 2. The van der Waals surface area contributed by atoms with Crippen LogP contribution >= 0.6 is 11.6 Å². The van der Waals surface area contributed by atoms with Crippen LogP contribution in [0.2, 0.25) is 5.15 Å². The van der Waals surface area contributed by atoms with Gasteiger partial charge in [-0.15, -0.1) is 0 Å². The molecular formula is C24H15ClF2N4O4S2. The van der Waals surface area contributed by atoms with E-state index in [4.69, 9.17) is 11.6 Å². The van der Waals surface area contributed by atoms with Crippen LogP contribution in [0.25, 0.3) is 16.9 Å². The van der Waals surface area contributed by atoms with Gasteiger partial charge in [0.25, 0.3) is 20.0 Å². The fourth-order valence-electron chi connectivity index (χ4n) is 3.64. The zero-order valence-electron chi connectivity index (χ0n) is 18.5. The van der Waals surface area contributed by atoms with Crippen molar-refractivity contribution >= 4 is 43.0 Å². The summed E-state index contributed by atoms with van der Waals surface area (Å²) in [4.78, 5) is 7.29. The van der Waals surface area contributed by atoms with Gasteiger partial charge in [0.2, 0.25) is 0 Å². The molecule has 0 N–H and O–H groups in total. The summed E-state index contributed by atoms with van der Waals surface area (Å²) in [6, 6.07) is 13.7. The van der Waals surface area contributed by atoms with Crippen LogP contribution in [-0.2, 0) is 20.0 Å². The molecule has 0 unspecified atom stereocenters. The zero-order valence-corrected chi connectivity index (χ0v) is 20.9. The van der Waals surface area contributed by atoms with Gasteiger partial charge in [0, 0.05) is 18.0 Å². The Kier molecular flexibility index (Phi) is 6.18. The van der Waals surface area contributed by atoms with E-state index in [0.29, 0.717) is 16.9 Å². The van der Waals surface area contributed by atoms with Crippen LogP contribution < -0.4 is 3.71 Å². The van der Waals surface area contributed by atoms with Crippen LogP contribution in [0.1, 0.15) is 0 Å². The Morgan fingerprint density at radius 2 is 1.32 bits per heavy atom. The molecule has 0 aliphatic carbocycles. The molecule has 0 aliphatic rings. The van der Waals surface area contributed by atoms with E-state index in [9.17, 15) is 25.6 Å². The number of hydrogen-bond acceptors (Lipinski definition) is 6. The number of benzene rings is 2. The van der Waals surface area contributed by atoms with E-state index in [1.807, 2.05) is 0 Å². The summed E-state index contributed by atoms with van der Waals surface area (Å²) in [6.07, 6.45) is 4.57. The van der Waals surface area contributed by atoms with Gasteiger partial charge in [-0.1, -0.05) is 17.7 Å². The molecule has 0 fully saturated rings. The van der Waals surface area contributed by atoms with Crippen LogP contribution in [0, 0.1) is 11.6 Å². The first-order chi connectivity index (χ1) is 17.6. The molecule has 2 aromatic carbocycles. The first-order valence-corrected chi connectivity index (χ1v) is 13.7. The standard InChI is InChI=1S/C24H15ClF2N4O4S2/c25-24-21(13-16(14-29-24)22-15-28-23-3-1-2-12-30(22)23)31(36(32,33)19-8-4-17(26)5-9-19)37(34,35)20-10-6-18(27)7-11-20/h1-15H. The van der Waals surface area contributed by atoms with E-state index in [-0.39, 0.29) is 3.71 Å². The maximum atomic E-state index is 13.7. The van der Waals surface area contributed by atoms with Crippen molar-refractivity contribution in [1.29, 1.82) is 0 Å². The van der Waals surface area contributed by atoms with E-state index in [2.05, 4.69) is 9.97 Å². The second-order valence-electron chi connectivity index (χ2n) is 7.72. The van der Waals surface area contributed by atoms with Crippen molar-refractivity contribution in [3.63, 3.8) is 0 Å².